The van der Waals surface area contributed by atoms with E-state index in [1.165, 1.54) is 12.1 Å². The molecule has 0 heterocycles. The van der Waals surface area contributed by atoms with Gasteiger partial charge in [-0.2, -0.15) is 0 Å². The van der Waals surface area contributed by atoms with Crippen LogP contribution in [0.15, 0.2) is 84.9 Å². The van der Waals surface area contributed by atoms with Crippen molar-refractivity contribution in [3.8, 4) is 11.1 Å². The molecule has 0 bridgehead atoms. The molecule has 4 heteroatoms. The molecule has 4 aromatic rings. The highest BCUT2D eigenvalue weighted by Gasteiger charge is 2.46. The van der Waals surface area contributed by atoms with Crippen LogP contribution < -0.4 is 11.5 Å². The first kappa shape index (κ1) is 17.4. The third-order valence-corrected chi connectivity index (χ3v) is 5.82. The number of anilines is 2. The van der Waals surface area contributed by atoms with E-state index in [1.54, 1.807) is 12.1 Å². The molecule has 0 amide bonds. The standard InChI is InChI=1S/C25H18F2N2/c26-21-13-15(9-11-23(21)28)25(16-10-12-24(29)22(27)14-16)19-7-3-1-5-17(19)18-6-2-4-8-20(18)25/h1-14H,28-29H2. The summed E-state index contributed by atoms with van der Waals surface area (Å²) in [6, 6.07) is 25.6. The maximum absolute atomic E-state index is 14.6. The van der Waals surface area contributed by atoms with Crippen molar-refractivity contribution in [3.63, 3.8) is 0 Å². The predicted octanol–water partition coefficient (Wildman–Crippen LogP) is 5.49. The van der Waals surface area contributed by atoms with Gasteiger partial charge in [-0.05, 0) is 57.6 Å². The summed E-state index contributed by atoms with van der Waals surface area (Å²) in [4.78, 5) is 0. The second kappa shape index (κ2) is 6.17. The van der Waals surface area contributed by atoms with Gasteiger partial charge in [0.1, 0.15) is 11.6 Å². The molecule has 0 saturated heterocycles. The van der Waals surface area contributed by atoms with Crippen LogP contribution >= 0.6 is 0 Å². The number of nitrogen functional groups attached to an aromatic ring is 2. The van der Waals surface area contributed by atoms with E-state index in [1.807, 2.05) is 60.7 Å². The Labute approximate surface area is 167 Å². The van der Waals surface area contributed by atoms with Crippen molar-refractivity contribution in [1.29, 1.82) is 0 Å². The summed E-state index contributed by atoms with van der Waals surface area (Å²) in [6.45, 7) is 0. The molecule has 2 nitrogen and oxygen atoms in total. The van der Waals surface area contributed by atoms with Crippen molar-refractivity contribution in [1.82, 2.24) is 0 Å². The molecule has 0 spiro atoms. The van der Waals surface area contributed by atoms with Gasteiger partial charge in [0.2, 0.25) is 0 Å². The zero-order chi connectivity index (χ0) is 20.2. The molecule has 0 aliphatic heterocycles. The summed E-state index contributed by atoms with van der Waals surface area (Å²) >= 11 is 0. The largest absolute Gasteiger partial charge is 0.396 e. The summed E-state index contributed by atoms with van der Waals surface area (Å²) in [5.41, 5.74) is 16.2. The predicted molar refractivity (Wildman–Crippen MR) is 112 cm³/mol. The lowest BCUT2D eigenvalue weighted by Crippen LogP contribution is -2.29. The fourth-order valence-electron chi connectivity index (χ4n) is 4.54. The van der Waals surface area contributed by atoms with Crippen LogP contribution in [0.3, 0.4) is 0 Å². The lowest BCUT2D eigenvalue weighted by atomic mass is 9.67. The van der Waals surface area contributed by atoms with Gasteiger partial charge in [0.05, 0.1) is 16.8 Å². The molecular weight excluding hydrogens is 366 g/mol. The molecule has 1 aliphatic rings. The molecule has 0 saturated carbocycles. The zero-order valence-corrected chi connectivity index (χ0v) is 15.5. The van der Waals surface area contributed by atoms with Crippen LogP contribution in [-0.4, -0.2) is 0 Å². The fraction of sp³-hybridized carbons (Fsp3) is 0.0400. The highest BCUT2D eigenvalue weighted by molar-refractivity contribution is 5.86. The Bertz CT molecular complexity index is 1160. The van der Waals surface area contributed by atoms with Crippen molar-refractivity contribution < 1.29 is 8.78 Å². The van der Waals surface area contributed by atoms with Crippen LogP contribution in [0.4, 0.5) is 20.2 Å². The molecule has 29 heavy (non-hydrogen) atoms. The van der Waals surface area contributed by atoms with Gasteiger partial charge in [0, 0.05) is 0 Å². The fourth-order valence-corrected chi connectivity index (χ4v) is 4.54. The highest BCUT2D eigenvalue weighted by Crippen LogP contribution is 2.56. The molecule has 0 fully saturated rings. The van der Waals surface area contributed by atoms with Crippen molar-refractivity contribution in [2.24, 2.45) is 0 Å². The van der Waals surface area contributed by atoms with E-state index >= 15 is 0 Å². The number of hydrogen-bond acceptors (Lipinski definition) is 2. The van der Waals surface area contributed by atoms with Gasteiger partial charge in [0.25, 0.3) is 0 Å². The molecule has 0 unspecified atom stereocenters. The Hall–Kier alpha value is -3.66. The SMILES string of the molecule is Nc1ccc(C2(c3ccc(N)c(F)c3)c3ccccc3-c3ccccc32)cc1F. The third-order valence-electron chi connectivity index (χ3n) is 5.82. The third kappa shape index (κ3) is 2.32. The minimum Gasteiger partial charge on any atom is -0.396 e. The molecule has 142 valence electrons. The van der Waals surface area contributed by atoms with Gasteiger partial charge >= 0.3 is 0 Å². The van der Waals surface area contributed by atoms with Crippen LogP contribution in [0.5, 0.6) is 0 Å². The van der Waals surface area contributed by atoms with Gasteiger partial charge in [-0.25, -0.2) is 8.78 Å². The van der Waals surface area contributed by atoms with E-state index in [2.05, 4.69) is 0 Å². The molecule has 0 aromatic heterocycles. The van der Waals surface area contributed by atoms with Gasteiger partial charge < -0.3 is 11.5 Å². The molecule has 5 rings (SSSR count). The molecule has 1 aliphatic carbocycles. The molecule has 0 atom stereocenters. The van der Waals surface area contributed by atoms with Crippen LogP contribution in [0, 0.1) is 11.6 Å². The summed E-state index contributed by atoms with van der Waals surface area (Å²) < 4.78 is 29.2. The average Bonchev–Trinajstić information content (AvgIpc) is 3.04. The first-order valence-corrected chi connectivity index (χ1v) is 9.34. The Kier molecular flexibility index (Phi) is 3.71. The van der Waals surface area contributed by atoms with Crippen LogP contribution in [-0.2, 0) is 5.41 Å². The Morgan fingerprint density at radius 3 is 1.38 bits per heavy atom. The number of benzene rings is 4. The van der Waals surface area contributed by atoms with Crippen molar-refractivity contribution >= 4 is 11.4 Å². The smallest absolute Gasteiger partial charge is 0.146 e. The minimum absolute atomic E-state index is 0.0759. The van der Waals surface area contributed by atoms with E-state index in [0.29, 0.717) is 11.1 Å². The summed E-state index contributed by atoms with van der Waals surface area (Å²) in [5, 5.41) is 0. The Balaban J connectivity index is 1.97. The van der Waals surface area contributed by atoms with Crippen molar-refractivity contribution in [2.45, 2.75) is 5.41 Å². The number of halogens is 2. The molecule has 0 radical (unpaired) electrons. The zero-order valence-electron chi connectivity index (χ0n) is 15.5. The highest BCUT2D eigenvalue weighted by atomic mass is 19.1. The van der Waals surface area contributed by atoms with Gasteiger partial charge in [-0.1, -0.05) is 60.7 Å². The monoisotopic (exact) mass is 384 g/mol. The Morgan fingerprint density at radius 1 is 0.552 bits per heavy atom. The first-order chi connectivity index (χ1) is 14.0. The minimum atomic E-state index is -0.879. The number of nitrogens with two attached hydrogens (primary N) is 2. The molecule has 4 N–H and O–H groups in total. The van der Waals surface area contributed by atoms with Gasteiger partial charge in [-0.3, -0.25) is 0 Å². The number of fused-ring (bicyclic) bond motifs is 3. The average molecular weight is 384 g/mol. The van der Waals surface area contributed by atoms with E-state index in [-0.39, 0.29) is 11.4 Å². The number of rotatable bonds is 2. The summed E-state index contributed by atoms with van der Waals surface area (Å²) in [5.74, 6) is -1.00. The summed E-state index contributed by atoms with van der Waals surface area (Å²) in [7, 11) is 0. The first-order valence-electron chi connectivity index (χ1n) is 9.34. The van der Waals surface area contributed by atoms with Crippen LogP contribution in [0.2, 0.25) is 0 Å². The second-order valence-corrected chi connectivity index (χ2v) is 7.31. The molecule has 4 aromatic carbocycles. The maximum Gasteiger partial charge on any atom is 0.146 e. The lowest BCUT2D eigenvalue weighted by molar-refractivity contribution is 0.618. The quantitative estimate of drug-likeness (QED) is 0.395. The van der Waals surface area contributed by atoms with Crippen LogP contribution in [0.1, 0.15) is 22.3 Å². The van der Waals surface area contributed by atoms with E-state index in [9.17, 15) is 8.78 Å². The van der Waals surface area contributed by atoms with Gasteiger partial charge in [-0.15, -0.1) is 0 Å². The van der Waals surface area contributed by atoms with E-state index in [4.69, 9.17) is 11.5 Å². The van der Waals surface area contributed by atoms with E-state index < -0.39 is 17.0 Å². The van der Waals surface area contributed by atoms with Crippen molar-refractivity contribution in [3.05, 3.63) is 119 Å². The van der Waals surface area contributed by atoms with Crippen molar-refractivity contribution in [2.75, 3.05) is 11.5 Å². The lowest BCUT2D eigenvalue weighted by Gasteiger charge is -2.34. The Morgan fingerprint density at radius 2 is 0.966 bits per heavy atom. The van der Waals surface area contributed by atoms with Crippen LogP contribution in [0.25, 0.3) is 11.1 Å². The van der Waals surface area contributed by atoms with E-state index in [0.717, 1.165) is 22.3 Å². The normalized spacial score (nSPS) is 13.7. The second-order valence-electron chi connectivity index (χ2n) is 7.31. The summed E-state index contributed by atoms with van der Waals surface area (Å²) in [6.07, 6.45) is 0. The maximum atomic E-state index is 14.6. The number of hydrogen-bond donors (Lipinski definition) is 2. The topological polar surface area (TPSA) is 52.0 Å². The molecular formula is C25H18F2N2. The van der Waals surface area contributed by atoms with Gasteiger partial charge in [0.15, 0.2) is 0 Å².